The van der Waals surface area contributed by atoms with Gasteiger partial charge < -0.3 is 19.9 Å². The maximum absolute atomic E-state index is 14.3. The van der Waals surface area contributed by atoms with Crippen molar-refractivity contribution >= 4 is 39.3 Å². The number of amides is 1. The number of hydrogen-bond donors (Lipinski definition) is 2. The Kier molecular flexibility index (Phi) is 9.39. The van der Waals surface area contributed by atoms with Crippen molar-refractivity contribution in [3.05, 3.63) is 135 Å². The number of aliphatic hydroxyl groups excluding tert-OH is 1. The van der Waals surface area contributed by atoms with Crippen LogP contribution in [0.3, 0.4) is 0 Å². The van der Waals surface area contributed by atoms with Gasteiger partial charge in [0.2, 0.25) is 5.90 Å². The zero-order valence-electron chi connectivity index (χ0n) is 22.3. The van der Waals surface area contributed by atoms with E-state index < -0.39 is 11.6 Å². The molecule has 4 aromatic rings. The van der Waals surface area contributed by atoms with Crippen LogP contribution in [0.1, 0.15) is 34.8 Å². The number of nitrogens with zero attached hydrogens (tertiary/aromatic N) is 1. The normalized spacial score (nSPS) is 17.9. The van der Waals surface area contributed by atoms with Gasteiger partial charge in [0.1, 0.15) is 5.75 Å². The van der Waals surface area contributed by atoms with Crippen LogP contribution in [0.25, 0.3) is 0 Å². The molecule has 0 unspecified atom stereocenters. The van der Waals surface area contributed by atoms with Gasteiger partial charge in [-0.2, -0.15) is 0 Å². The van der Waals surface area contributed by atoms with Gasteiger partial charge in [-0.1, -0.05) is 88.2 Å². The molecule has 0 aliphatic carbocycles. The van der Waals surface area contributed by atoms with Crippen molar-refractivity contribution in [2.75, 3.05) is 13.2 Å². The van der Waals surface area contributed by atoms with Crippen molar-refractivity contribution in [3.63, 3.8) is 0 Å². The number of hydrogen-bond acceptors (Lipinski definition) is 5. The summed E-state index contributed by atoms with van der Waals surface area (Å²) in [7, 11) is 0. The summed E-state index contributed by atoms with van der Waals surface area (Å²) in [5.41, 5.74) is 2.11. The zero-order valence-corrected chi connectivity index (χ0v) is 24.6. The molecule has 2 atom stereocenters. The molecule has 0 spiro atoms. The summed E-state index contributed by atoms with van der Waals surface area (Å²) in [6.07, 6.45) is 0.179. The molecule has 1 heterocycles. The van der Waals surface area contributed by atoms with Crippen LogP contribution >= 0.6 is 27.5 Å². The van der Waals surface area contributed by atoms with Crippen LogP contribution in [-0.4, -0.2) is 35.7 Å². The van der Waals surface area contributed by atoms with E-state index in [1.807, 2.05) is 97.1 Å². The Bertz CT molecular complexity index is 1510. The molecule has 5 rings (SSSR count). The molecule has 2 N–H and O–H groups in total. The number of nitrogens with one attached hydrogen (secondary N) is 1. The van der Waals surface area contributed by atoms with Gasteiger partial charge in [0, 0.05) is 46.6 Å². The molecule has 8 heteroatoms. The predicted molar refractivity (Wildman–Crippen MR) is 164 cm³/mol. The number of carbonyl (C=O) groups is 1. The highest BCUT2D eigenvalue weighted by molar-refractivity contribution is 9.10. The Morgan fingerprint density at radius 2 is 1.71 bits per heavy atom. The van der Waals surface area contributed by atoms with Crippen molar-refractivity contribution in [3.8, 4) is 5.75 Å². The highest BCUT2D eigenvalue weighted by Gasteiger charge is 2.53. The molecule has 41 heavy (non-hydrogen) atoms. The molecular formula is C33H30BrClN2O4. The van der Waals surface area contributed by atoms with Crippen molar-refractivity contribution in [2.45, 2.75) is 31.0 Å². The van der Waals surface area contributed by atoms with E-state index in [4.69, 9.17) is 31.2 Å². The van der Waals surface area contributed by atoms with Gasteiger partial charge in [-0.3, -0.25) is 4.79 Å². The summed E-state index contributed by atoms with van der Waals surface area (Å²) >= 11 is 9.88. The minimum absolute atomic E-state index is 0.0715. The number of ether oxygens (including phenoxy) is 2. The van der Waals surface area contributed by atoms with Gasteiger partial charge in [0.05, 0.1) is 6.61 Å². The Balaban J connectivity index is 1.55. The Hall–Kier alpha value is -3.65. The first-order valence-electron chi connectivity index (χ1n) is 13.4. The van der Waals surface area contributed by atoms with E-state index in [0.717, 1.165) is 26.7 Å². The molecule has 4 aromatic carbocycles. The first-order valence-corrected chi connectivity index (χ1v) is 14.6. The zero-order chi connectivity index (χ0) is 28.7. The fraction of sp³-hybridized carbons (Fsp3) is 0.212. The number of aliphatic hydroxyl groups is 1. The first-order chi connectivity index (χ1) is 20.0. The van der Waals surface area contributed by atoms with Crippen LogP contribution in [0.5, 0.6) is 5.75 Å². The summed E-state index contributed by atoms with van der Waals surface area (Å²) < 4.78 is 13.1. The molecule has 0 saturated carbocycles. The lowest BCUT2D eigenvalue weighted by atomic mass is 9.82. The fourth-order valence-electron chi connectivity index (χ4n) is 4.84. The van der Waals surface area contributed by atoms with Crippen LogP contribution < -0.4 is 10.1 Å². The molecule has 1 aliphatic rings. The van der Waals surface area contributed by atoms with E-state index in [1.165, 1.54) is 0 Å². The maximum Gasteiger partial charge on any atom is 0.252 e. The van der Waals surface area contributed by atoms with E-state index in [1.54, 1.807) is 6.07 Å². The Labute approximate surface area is 253 Å². The molecule has 210 valence electrons. The number of carbonyl (C=O) groups excluding carboxylic acids is 1. The van der Waals surface area contributed by atoms with Gasteiger partial charge in [-0.05, 0) is 53.6 Å². The van der Waals surface area contributed by atoms with Gasteiger partial charge >= 0.3 is 0 Å². The van der Waals surface area contributed by atoms with Gasteiger partial charge in [0.25, 0.3) is 5.91 Å². The third kappa shape index (κ3) is 6.81. The lowest BCUT2D eigenvalue weighted by molar-refractivity contribution is -0.129. The Morgan fingerprint density at radius 3 is 2.44 bits per heavy atom. The van der Waals surface area contributed by atoms with E-state index in [2.05, 4.69) is 21.2 Å². The van der Waals surface area contributed by atoms with E-state index in [9.17, 15) is 4.79 Å². The topological polar surface area (TPSA) is 80.2 Å². The standard InChI is InChI=1S/C33H30BrClN2O4/c34-29-13-5-4-12-28(29)30-33(21-23-8-2-1-3-9-23,32(39)36-22-24-10-6-11-26(35)20-24)37-31(41-30)25-14-16-27(17-15-25)40-19-7-18-38/h1-6,8-17,20,30,38H,7,18-19,21-22H2,(H,36,39)/t30-,33-/m1/s1. The molecule has 1 amide bonds. The Morgan fingerprint density at radius 1 is 0.976 bits per heavy atom. The van der Waals surface area contributed by atoms with Crippen molar-refractivity contribution < 1.29 is 19.4 Å². The SMILES string of the molecule is O=C(NCc1cccc(Cl)c1)[C@]1(Cc2ccccc2)N=C(c2ccc(OCCCO)cc2)O[C@@H]1c1ccccc1Br. The summed E-state index contributed by atoms with van der Waals surface area (Å²) in [4.78, 5) is 19.4. The molecular weight excluding hydrogens is 604 g/mol. The number of benzene rings is 4. The summed E-state index contributed by atoms with van der Waals surface area (Å²) in [5, 5.41) is 12.8. The van der Waals surface area contributed by atoms with Gasteiger partial charge in [-0.15, -0.1) is 0 Å². The lowest BCUT2D eigenvalue weighted by Gasteiger charge is -2.31. The maximum atomic E-state index is 14.3. The summed E-state index contributed by atoms with van der Waals surface area (Å²) in [5.74, 6) is 0.806. The average Bonchev–Trinajstić information content (AvgIpc) is 3.37. The van der Waals surface area contributed by atoms with Crippen LogP contribution in [-0.2, 0) is 22.5 Å². The van der Waals surface area contributed by atoms with E-state index in [0.29, 0.717) is 42.7 Å². The second-order valence-corrected chi connectivity index (χ2v) is 11.1. The molecule has 0 bridgehead atoms. The van der Waals surface area contributed by atoms with Crippen LogP contribution in [0.2, 0.25) is 5.02 Å². The number of rotatable bonds is 11. The minimum Gasteiger partial charge on any atom is -0.494 e. The van der Waals surface area contributed by atoms with E-state index in [-0.39, 0.29) is 12.5 Å². The second kappa shape index (κ2) is 13.3. The predicted octanol–water partition coefficient (Wildman–Crippen LogP) is 6.68. The fourth-order valence-corrected chi connectivity index (χ4v) is 5.54. The van der Waals surface area contributed by atoms with Crippen molar-refractivity contribution in [1.82, 2.24) is 5.32 Å². The monoisotopic (exact) mass is 632 g/mol. The summed E-state index contributed by atoms with van der Waals surface area (Å²) in [6.45, 7) is 0.787. The average molecular weight is 634 g/mol. The molecule has 0 aromatic heterocycles. The molecule has 0 radical (unpaired) electrons. The molecule has 0 fully saturated rings. The number of aliphatic imine (C=N–C) groups is 1. The first kappa shape index (κ1) is 28.9. The summed E-state index contributed by atoms with van der Waals surface area (Å²) in [6, 6.07) is 32.4. The smallest absolute Gasteiger partial charge is 0.252 e. The van der Waals surface area contributed by atoms with Gasteiger partial charge in [-0.25, -0.2) is 4.99 Å². The van der Waals surface area contributed by atoms with Crippen LogP contribution in [0, 0.1) is 0 Å². The number of halogens is 2. The molecule has 0 saturated heterocycles. The van der Waals surface area contributed by atoms with Crippen LogP contribution in [0.4, 0.5) is 0 Å². The lowest BCUT2D eigenvalue weighted by Crippen LogP contribution is -2.49. The molecule has 1 aliphatic heterocycles. The molecule has 6 nitrogen and oxygen atoms in total. The van der Waals surface area contributed by atoms with Crippen molar-refractivity contribution in [1.29, 1.82) is 0 Å². The quantitative estimate of drug-likeness (QED) is 0.181. The third-order valence-corrected chi connectivity index (χ3v) is 7.83. The van der Waals surface area contributed by atoms with E-state index >= 15 is 0 Å². The highest BCUT2D eigenvalue weighted by atomic mass is 79.9. The second-order valence-electron chi connectivity index (χ2n) is 9.79. The van der Waals surface area contributed by atoms with Crippen molar-refractivity contribution in [2.24, 2.45) is 4.99 Å². The minimum atomic E-state index is -1.30. The largest absolute Gasteiger partial charge is 0.494 e. The third-order valence-electron chi connectivity index (χ3n) is 6.88. The van der Waals surface area contributed by atoms with Gasteiger partial charge in [0.15, 0.2) is 11.6 Å². The highest BCUT2D eigenvalue weighted by Crippen LogP contribution is 2.44. The van der Waals surface area contributed by atoms with Crippen LogP contribution in [0.15, 0.2) is 113 Å².